The number of hydrogen-bond acceptors (Lipinski definition) is 1. The lowest BCUT2D eigenvalue weighted by Crippen LogP contribution is -2.14. The van der Waals surface area contributed by atoms with Crippen molar-refractivity contribution in [3.63, 3.8) is 0 Å². The van der Waals surface area contributed by atoms with Gasteiger partial charge in [0, 0.05) is 11.0 Å². The summed E-state index contributed by atoms with van der Waals surface area (Å²) in [6.07, 6.45) is 17.1. The van der Waals surface area contributed by atoms with Gasteiger partial charge in [-0.25, -0.2) is 0 Å². The lowest BCUT2D eigenvalue weighted by atomic mass is 9.96. The highest BCUT2D eigenvalue weighted by molar-refractivity contribution is 9.09. The molecule has 3 rings (SSSR count). The van der Waals surface area contributed by atoms with Gasteiger partial charge in [0.05, 0.1) is 11.7 Å². The number of hydrogen-bond donors (Lipinski definition) is 0. The Morgan fingerprint density at radius 2 is 1.80 bits per heavy atom. The Bertz CT molecular complexity index is 403. The molecule has 1 atom stereocenters. The summed E-state index contributed by atoms with van der Waals surface area (Å²) < 4.78 is 2.24. The third-order valence-corrected chi connectivity index (χ3v) is 6.41. The average molecular weight is 339 g/mol. The molecular weight excluding hydrogens is 312 g/mol. The van der Waals surface area contributed by atoms with E-state index in [9.17, 15) is 0 Å². The molecule has 1 aromatic heterocycles. The molecule has 2 saturated carbocycles. The number of halogens is 1. The predicted molar refractivity (Wildman–Crippen MR) is 87.3 cm³/mol. The van der Waals surface area contributed by atoms with Crippen LogP contribution in [-0.4, -0.2) is 14.6 Å². The first-order chi connectivity index (χ1) is 9.83. The average Bonchev–Trinajstić information content (AvgIpc) is 3.17. The smallest absolute Gasteiger partial charge is 0.0625 e. The number of aryl methyl sites for hydroxylation is 1. The van der Waals surface area contributed by atoms with Crippen LogP contribution in [0.5, 0.6) is 0 Å². The molecule has 1 aromatic rings. The molecule has 2 fully saturated rings. The van der Waals surface area contributed by atoms with E-state index >= 15 is 0 Å². The van der Waals surface area contributed by atoms with Crippen LogP contribution < -0.4 is 0 Å². The Morgan fingerprint density at radius 1 is 1.10 bits per heavy atom. The van der Waals surface area contributed by atoms with Crippen LogP contribution in [0.2, 0.25) is 0 Å². The minimum Gasteiger partial charge on any atom is -0.269 e. The summed E-state index contributed by atoms with van der Waals surface area (Å²) in [5.41, 5.74) is 1.29. The summed E-state index contributed by atoms with van der Waals surface area (Å²) in [6, 6.07) is 2.91. The molecule has 0 bridgehead atoms. The lowest BCUT2D eigenvalue weighted by molar-refractivity contribution is 0.328. The molecule has 2 aliphatic rings. The molecular formula is C17H27BrN2. The number of nitrogens with zero attached hydrogens (tertiary/aromatic N) is 2. The fourth-order valence-corrected chi connectivity index (χ4v) is 4.66. The maximum atomic E-state index is 4.83. The summed E-state index contributed by atoms with van der Waals surface area (Å²) in [4.78, 5) is 0.699. The van der Waals surface area contributed by atoms with Crippen LogP contribution in [0, 0.1) is 5.92 Å². The molecule has 3 heteroatoms. The molecule has 0 spiro atoms. The zero-order chi connectivity index (χ0) is 13.8. The molecule has 20 heavy (non-hydrogen) atoms. The Labute approximate surface area is 131 Å². The number of rotatable bonds is 5. The molecule has 0 amide bonds. The van der Waals surface area contributed by atoms with Gasteiger partial charge in [0.25, 0.3) is 0 Å². The van der Waals surface area contributed by atoms with Crippen molar-refractivity contribution in [2.24, 2.45) is 5.92 Å². The molecule has 0 aromatic carbocycles. The van der Waals surface area contributed by atoms with Gasteiger partial charge in [-0.3, -0.25) is 4.68 Å². The van der Waals surface area contributed by atoms with Crippen molar-refractivity contribution < 1.29 is 0 Å². The lowest BCUT2D eigenvalue weighted by Gasteiger charge is -2.21. The van der Waals surface area contributed by atoms with Crippen molar-refractivity contribution in [3.05, 3.63) is 18.0 Å². The molecule has 0 aliphatic heterocycles. The van der Waals surface area contributed by atoms with Crippen molar-refractivity contribution in [1.82, 2.24) is 9.78 Å². The summed E-state index contributed by atoms with van der Waals surface area (Å²) in [5.74, 6) is 0.912. The second kappa shape index (κ2) is 7.11. The van der Waals surface area contributed by atoms with E-state index in [1.807, 2.05) is 0 Å². The van der Waals surface area contributed by atoms with Crippen LogP contribution in [0.4, 0.5) is 0 Å². The molecule has 1 heterocycles. The molecule has 1 unspecified atom stereocenters. The first-order valence-corrected chi connectivity index (χ1v) is 9.42. The van der Waals surface area contributed by atoms with Crippen LogP contribution in [0.15, 0.2) is 12.3 Å². The largest absolute Gasteiger partial charge is 0.269 e. The van der Waals surface area contributed by atoms with Gasteiger partial charge in [-0.1, -0.05) is 48.0 Å². The number of alkyl halides is 1. The van der Waals surface area contributed by atoms with E-state index in [0.29, 0.717) is 10.9 Å². The maximum Gasteiger partial charge on any atom is 0.0625 e. The molecule has 112 valence electrons. The first kappa shape index (κ1) is 14.6. The molecule has 0 N–H and O–H groups in total. The topological polar surface area (TPSA) is 17.8 Å². The molecule has 2 aliphatic carbocycles. The van der Waals surface area contributed by atoms with Crippen molar-refractivity contribution >= 4 is 15.9 Å². The fourth-order valence-electron chi connectivity index (χ4n) is 3.90. The van der Waals surface area contributed by atoms with E-state index in [2.05, 4.69) is 32.9 Å². The summed E-state index contributed by atoms with van der Waals surface area (Å²) in [7, 11) is 0. The van der Waals surface area contributed by atoms with Gasteiger partial charge < -0.3 is 0 Å². The minimum atomic E-state index is 0.673. The van der Waals surface area contributed by atoms with E-state index < -0.39 is 0 Å². The van der Waals surface area contributed by atoms with Gasteiger partial charge in [-0.2, -0.15) is 5.10 Å². The summed E-state index contributed by atoms with van der Waals surface area (Å²) >= 11 is 3.91. The highest BCUT2D eigenvalue weighted by atomic mass is 79.9. The third-order valence-electron chi connectivity index (χ3n) is 5.20. The van der Waals surface area contributed by atoms with Crippen LogP contribution in [-0.2, 0) is 6.42 Å². The Hall–Kier alpha value is -0.310. The van der Waals surface area contributed by atoms with Gasteiger partial charge >= 0.3 is 0 Å². The van der Waals surface area contributed by atoms with Crippen LogP contribution in [0.25, 0.3) is 0 Å². The van der Waals surface area contributed by atoms with Crippen molar-refractivity contribution in [3.8, 4) is 0 Å². The van der Waals surface area contributed by atoms with Gasteiger partial charge in [-0.05, 0) is 50.5 Å². The molecule has 0 saturated heterocycles. The first-order valence-electron chi connectivity index (χ1n) is 8.51. The van der Waals surface area contributed by atoms with Gasteiger partial charge in [-0.15, -0.1) is 0 Å². The third kappa shape index (κ3) is 3.66. The Morgan fingerprint density at radius 3 is 2.55 bits per heavy atom. The monoisotopic (exact) mass is 338 g/mol. The highest BCUT2D eigenvalue weighted by Gasteiger charge is 2.23. The Kier molecular flexibility index (Phi) is 5.19. The minimum absolute atomic E-state index is 0.673. The van der Waals surface area contributed by atoms with E-state index in [0.717, 1.165) is 12.3 Å². The normalized spacial score (nSPS) is 23.2. The predicted octanol–water partition coefficient (Wildman–Crippen LogP) is 5.27. The van der Waals surface area contributed by atoms with Crippen molar-refractivity contribution in [2.45, 2.75) is 81.5 Å². The van der Waals surface area contributed by atoms with E-state index in [1.54, 1.807) is 0 Å². The Balaban J connectivity index is 1.49. The standard InChI is InChI=1S/C17H27BrN2/c18-17(14-6-4-5-7-14)11-10-15-12-13-20(19-15)16-8-2-1-3-9-16/h12-14,16-17H,1-11H2. The van der Waals surface area contributed by atoms with Gasteiger partial charge in [0.2, 0.25) is 0 Å². The maximum absolute atomic E-state index is 4.83. The van der Waals surface area contributed by atoms with E-state index in [4.69, 9.17) is 5.10 Å². The fraction of sp³-hybridized carbons (Fsp3) is 0.824. The summed E-state index contributed by atoms with van der Waals surface area (Å²) in [6.45, 7) is 0. The second-order valence-electron chi connectivity index (χ2n) is 6.68. The van der Waals surface area contributed by atoms with E-state index in [1.165, 1.54) is 69.9 Å². The van der Waals surface area contributed by atoms with Crippen LogP contribution in [0.3, 0.4) is 0 Å². The highest BCUT2D eigenvalue weighted by Crippen LogP contribution is 2.33. The van der Waals surface area contributed by atoms with E-state index in [-0.39, 0.29) is 0 Å². The molecule has 2 nitrogen and oxygen atoms in total. The van der Waals surface area contributed by atoms with Crippen LogP contribution in [0.1, 0.15) is 75.9 Å². The zero-order valence-electron chi connectivity index (χ0n) is 12.4. The quantitative estimate of drug-likeness (QED) is 0.668. The van der Waals surface area contributed by atoms with Crippen molar-refractivity contribution in [1.29, 1.82) is 0 Å². The zero-order valence-corrected chi connectivity index (χ0v) is 14.0. The summed E-state index contributed by atoms with van der Waals surface area (Å²) in [5, 5.41) is 4.83. The number of aromatic nitrogens is 2. The van der Waals surface area contributed by atoms with Crippen LogP contribution >= 0.6 is 15.9 Å². The SMILES string of the molecule is BrC(CCc1ccn(C2CCCCC2)n1)C1CCCC1. The second-order valence-corrected chi connectivity index (χ2v) is 7.85. The van der Waals surface area contributed by atoms with Gasteiger partial charge in [0.1, 0.15) is 0 Å². The molecule has 0 radical (unpaired) electrons. The van der Waals surface area contributed by atoms with Crippen molar-refractivity contribution in [2.75, 3.05) is 0 Å². The van der Waals surface area contributed by atoms with Gasteiger partial charge in [0.15, 0.2) is 0 Å².